The first-order valence-electron chi connectivity index (χ1n) is 11.7. The molecule has 3 heterocycles. The van der Waals surface area contributed by atoms with Crippen molar-refractivity contribution in [2.75, 3.05) is 5.32 Å². The first-order chi connectivity index (χ1) is 17.9. The fraction of sp³-hybridized carbons (Fsp3) is 0.231. The summed E-state index contributed by atoms with van der Waals surface area (Å²) in [6.45, 7) is 1.94. The second kappa shape index (κ2) is 10.2. The Morgan fingerprint density at radius 1 is 1.11 bits per heavy atom. The fourth-order valence-electron chi connectivity index (χ4n) is 4.35. The van der Waals surface area contributed by atoms with Crippen LogP contribution >= 0.6 is 0 Å². The molecule has 0 spiro atoms. The van der Waals surface area contributed by atoms with E-state index in [-0.39, 0.29) is 23.3 Å². The Kier molecular flexibility index (Phi) is 6.60. The van der Waals surface area contributed by atoms with Crippen molar-refractivity contribution in [2.24, 2.45) is 0 Å². The number of carbonyl (C=O) groups excluding carboxylic acids is 2. The van der Waals surface area contributed by atoms with Crippen molar-refractivity contribution < 1.29 is 24.0 Å². The summed E-state index contributed by atoms with van der Waals surface area (Å²) in [4.78, 5) is 44.3. The van der Waals surface area contributed by atoms with Crippen LogP contribution in [0.15, 0.2) is 73.2 Å². The number of amides is 1. The largest absolute Gasteiger partial charge is 0.456 e. The second-order valence-electron chi connectivity index (χ2n) is 8.52. The van der Waals surface area contributed by atoms with Crippen molar-refractivity contribution in [1.29, 1.82) is 0 Å². The quantitative estimate of drug-likeness (QED) is 0.222. The molecule has 1 aliphatic heterocycles. The van der Waals surface area contributed by atoms with Crippen LogP contribution < -0.4 is 5.32 Å². The predicted molar refractivity (Wildman–Crippen MR) is 133 cm³/mol. The van der Waals surface area contributed by atoms with Gasteiger partial charge in [0.15, 0.2) is 0 Å². The van der Waals surface area contributed by atoms with Gasteiger partial charge in [0.05, 0.1) is 22.0 Å². The number of fused-ring (bicyclic) bond motifs is 1. The summed E-state index contributed by atoms with van der Waals surface area (Å²) >= 11 is 0. The summed E-state index contributed by atoms with van der Waals surface area (Å²) in [6, 6.07) is 15.9. The van der Waals surface area contributed by atoms with Crippen molar-refractivity contribution in [3.05, 3.63) is 94.4 Å². The van der Waals surface area contributed by atoms with Crippen LogP contribution in [-0.2, 0) is 9.47 Å². The lowest BCUT2D eigenvalue weighted by atomic mass is 10.1. The Morgan fingerprint density at radius 3 is 2.57 bits per heavy atom. The zero-order valence-corrected chi connectivity index (χ0v) is 19.8. The molecule has 1 amide bonds. The standard InChI is InChI=1S/C26H23N5O6/c1-2-20-21(37-26(33)17-8-10-18(11-9-17)31(34)35)14-22(36-20)30-13-12-19-23(27-15-28-24(19)30)29-25(32)16-6-4-3-5-7-16/h3-13,15,20-22H,2,14H2,1H3,(H,27,28,29,32)/t20-,21-,22-/m1/s1. The Morgan fingerprint density at radius 2 is 1.86 bits per heavy atom. The van der Waals surface area contributed by atoms with Gasteiger partial charge in [-0.1, -0.05) is 25.1 Å². The lowest BCUT2D eigenvalue weighted by Gasteiger charge is -2.17. The molecule has 0 bridgehead atoms. The monoisotopic (exact) mass is 501 g/mol. The maximum absolute atomic E-state index is 12.7. The zero-order valence-electron chi connectivity index (χ0n) is 19.8. The van der Waals surface area contributed by atoms with Gasteiger partial charge in [-0.15, -0.1) is 0 Å². The number of hydrogen-bond acceptors (Lipinski definition) is 8. The van der Waals surface area contributed by atoms with Crippen LogP contribution in [0.1, 0.15) is 46.7 Å². The summed E-state index contributed by atoms with van der Waals surface area (Å²) in [5.41, 5.74) is 1.20. The first-order valence-corrected chi connectivity index (χ1v) is 11.7. The molecule has 0 saturated carbocycles. The minimum Gasteiger partial charge on any atom is -0.456 e. The summed E-state index contributed by atoms with van der Waals surface area (Å²) < 4.78 is 13.8. The maximum atomic E-state index is 12.7. The molecule has 0 radical (unpaired) electrons. The van der Waals surface area contributed by atoms with Gasteiger partial charge in [-0.05, 0) is 36.8 Å². The summed E-state index contributed by atoms with van der Waals surface area (Å²) in [7, 11) is 0. The number of nitro benzene ring substituents is 1. The number of ether oxygens (including phenoxy) is 2. The number of rotatable bonds is 7. The lowest BCUT2D eigenvalue weighted by molar-refractivity contribution is -0.384. The molecule has 11 nitrogen and oxygen atoms in total. The molecule has 5 rings (SSSR count). The highest BCUT2D eigenvalue weighted by molar-refractivity contribution is 6.07. The molecule has 188 valence electrons. The molecule has 4 aromatic rings. The number of aromatic nitrogens is 3. The van der Waals surface area contributed by atoms with Gasteiger partial charge >= 0.3 is 5.97 Å². The highest BCUT2D eigenvalue weighted by atomic mass is 16.6. The molecule has 2 aromatic carbocycles. The predicted octanol–water partition coefficient (Wildman–Crippen LogP) is 4.51. The van der Waals surface area contributed by atoms with E-state index in [1.165, 1.54) is 30.6 Å². The molecule has 1 saturated heterocycles. The molecule has 2 aromatic heterocycles. The average molecular weight is 501 g/mol. The van der Waals surface area contributed by atoms with Crippen molar-refractivity contribution in [3.63, 3.8) is 0 Å². The Bertz CT molecular complexity index is 1450. The van der Waals surface area contributed by atoms with Crippen LogP contribution in [0.3, 0.4) is 0 Å². The van der Waals surface area contributed by atoms with Crippen molar-refractivity contribution >= 4 is 34.4 Å². The normalized spacial score (nSPS) is 19.0. The molecule has 11 heteroatoms. The number of nitro groups is 1. The minimum atomic E-state index is -0.576. The lowest BCUT2D eigenvalue weighted by Crippen LogP contribution is -2.26. The van der Waals surface area contributed by atoms with Crippen LogP contribution in [0.2, 0.25) is 0 Å². The number of nitrogens with zero attached hydrogens (tertiary/aromatic N) is 4. The first kappa shape index (κ1) is 24.1. The third-order valence-electron chi connectivity index (χ3n) is 6.24. The van der Waals surface area contributed by atoms with E-state index in [1.807, 2.05) is 17.6 Å². The number of esters is 1. The van der Waals surface area contributed by atoms with Gasteiger partial charge in [-0.25, -0.2) is 14.8 Å². The van der Waals surface area contributed by atoms with Gasteiger partial charge < -0.3 is 19.4 Å². The van der Waals surface area contributed by atoms with Crippen LogP contribution in [0, 0.1) is 10.1 Å². The number of benzene rings is 2. The van der Waals surface area contributed by atoms with E-state index < -0.39 is 23.2 Å². The Hall–Kier alpha value is -4.64. The van der Waals surface area contributed by atoms with Crippen LogP contribution in [-0.4, -0.2) is 43.5 Å². The average Bonchev–Trinajstić information content (AvgIpc) is 3.53. The highest BCUT2D eigenvalue weighted by Gasteiger charge is 2.38. The number of anilines is 1. The van der Waals surface area contributed by atoms with E-state index in [0.29, 0.717) is 35.3 Å². The molecule has 1 aliphatic rings. The van der Waals surface area contributed by atoms with Crippen LogP contribution in [0.5, 0.6) is 0 Å². The van der Waals surface area contributed by atoms with Crippen molar-refractivity contribution in [3.8, 4) is 0 Å². The Balaban J connectivity index is 1.33. The SMILES string of the molecule is CC[C@H]1O[C@@H](n2ccc3c(NC(=O)c4ccccc4)ncnc32)C[C@H]1OC(=O)c1ccc([N+](=O)[O-])cc1. The molecule has 1 fully saturated rings. The second-order valence-corrected chi connectivity index (χ2v) is 8.52. The summed E-state index contributed by atoms with van der Waals surface area (Å²) in [5.74, 6) is -0.480. The third kappa shape index (κ3) is 4.89. The number of hydrogen-bond donors (Lipinski definition) is 1. The number of nitrogens with one attached hydrogen (secondary N) is 1. The van der Waals surface area contributed by atoms with Crippen molar-refractivity contribution in [2.45, 2.75) is 38.2 Å². The van der Waals surface area contributed by atoms with Gasteiger partial charge in [0.1, 0.15) is 30.1 Å². The van der Waals surface area contributed by atoms with Gasteiger partial charge in [-0.3, -0.25) is 14.9 Å². The molecule has 37 heavy (non-hydrogen) atoms. The van der Waals surface area contributed by atoms with Crippen molar-refractivity contribution in [1.82, 2.24) is 14.5 Å². The molecular weight excluding hydrogens is 478 g/mol. The summed E-state index contributed by atoms with van der Waals surface area (Å²) in [6.07, 6.45) is 2.85. The number of carbonyl (C=O) groups is 2. The minimum absolute atomic E-state index is 0.104. The Labute approximate surface area is 211 Å². The van der Waals surface area contributed by atoms with Gasteiger partial charge in [0.25, 0.3) is 11.6 Å². The highest BCUT2D eigenvalue weighted by Crippen LogP contribution is 2.35. The van der Waals surface area contributed by atoms with E-state index in [9.17, 15) is 19.7 Å². The van der Waals surface area contributed by atoms with Gasteiger partial charge in [0, 0.05) is 30.3 Å². The maximum Gasteiger partial charge on any atom is 0.338 e. The molecule has 0 unspecified atom stereocenters. The van der Waals surface area contributed by atoms with Crippen LogP contribution in [0.4, 0.5) is 11.5 Å². The van der Waals surface area contributed by atoms with Crippen LogP contribution in [0.25, 0.3) is 11.0 Å². The molecule has 0 aliphatic carbocycles. The zero-order chi connectivity index (χ0) is 25.9. The fourth-order valence-corrected chi connectivity index (χ4v) is 4.35. The summed E-state index contributed by atoms with van der Waals surface area (Å²) in [5, 5.41) is 14.3. The topological polar surface area (TPSA) is 138 Å². The third-order valence-corrected chi connectivity index (χ3v) is 6.24. The van der Waals surface area contributed by atoms with E-state index in [0.717, 1.165) is 0 Å². The smallest absolute Gasteiger partial charge is 0.338 e. The number of non-ortho nitro benzene ring substituents is 1. The van der Waals surface area contributed by atoms with E-state index in [2.05, 4.69) is 15.3 Å². The molecule has 3 atom stereocenters. The van der Waals surface area contributed by atoms with E-state index in [1.54, 1.807) is 36.5 Å². The van der Waals surface area contributed by atoms with E-state index >= 15 is 0 Å². The van der Waals surface area contributed by atoms with E-state index in [4.69, 9.17) is 9.47 Å². The molecular formula is C26H23N5O6. The van der Waals surface area contributed by atoms with Gasteiger partial charge in [-0.2, -0.15) is 0 Å². The molecule has 1 N–H and O–H groups in total. The van der Waals surface area contributed by atoms with Gasteiger partial charge in [0.2, 0.25) is 0 Å².